The Balaban J connectivity index is 1.51. The van der Waals surface area contributed by atoms with Gasteiger partial charge in [-0.2, -0.15) is 0 Å². The lowest BCUT2D eigenvalue weighted by Crippen LogP contribution is -2.49. The summed E-state index contributed by atoms with van der Waals surface area (Å²) in [5.74, 6) is 0.792. The fourth-order valence-electron chi connectivity index (χ4n) is 3.71. The molecule has 1 fully saturated rings. The van der Waals surface area contributed by atoms with E-state index < -0.39 is 0 Å². The second-order valence-corrected chi connectivity index (χ2v) is 8.03. The minimum absolute atomic E-state index is 0.0370. The third kappa shape index (κ3) is 5.83. The summed E-state index contributed by atoms with van der Waals surface area (Å²) >= 11 is 0. The fraction of sp³-hybridized carbons (Fsp3) is 0.417. The zero-order valence-electron chi connectivity index (χ0n) is 18.0. The van der Waals surface area contributed by atoms with Gasteiger partial charge in [0.05, 0.1) is 12.0 Å². The first-order chi connectivity index (χ1) is 14.4. The van der Waals surface area contributed by atoms with Crippen molar-refractivity contribution in [2.24, 2.45) is 5.92 Å². The van der Waals surface area contributed by atoms with Crippen molar-refractivity contribution in [1.29, 1.82) is 0 Å². The molecule has 0 aliphatic carbocycles. The average Bonchev–Trinajstić information content (AvgIpc) is 2.78. The molecule has 160 valence electrons. The third-order valence-electron chi connectivity index (χ3n) is 5.54. The largest absolute Gasteiger partial charge is 0.489 e. The summed E-state index contributed by atoms with van der Waals surface area (Å²) in [5, 5.41) is 2.98. The molecule has 3 rings (SSSR count). The van der Waals surface area contributed by atoms with Crippen molar-refractivity contribution < 1.29 is 14.3 Å². The van der Waals surface area contributed by atoms with Gasteiger partial charge in [0.25, 0.3) is 0 Å². The molecule has 1 N–H and O–H groups in total. The Bertz CT molecular complexity index is 837. The maximum atomic E-state index is 12.7. The van der Waals surface area contributed by atoms with Gasteiger partial charge in [-0.1, -0.05) is 30.3 Å². The number of benzene rings is 2. The van der Waals surface area contributed by atoms with Gasteiger partial charge in [-0.3, -0.25) is 14.5 Å². The van der Waals surface area contributed by atoms with Gasteiger partial charge >= 0.3 is 0 Å². The lowest BCUT2D eigenvalue weighted by Gasteiger charge is -2.36. The van der Waals surface area contributed by atoms with Crippen LogP contribution in [-0.2, 0) is 16.2 Å². The normalized spacial score (nSPS) is 17.8. The fourth-order valence-corrected chi connectivity index (χ4v) is 3.71. The third-order valence-corrected chi connectivity index (χ3v) is 5.54. The van der Waals surface area contributed by atoms with Crippen LogP contribution in [-0.4, -0.2) is 54.8 Å². The molecule has 1 saturated heterocycles. The molecular formula is C24H31N3O3. The first-order valence-corrected chi connectivity index (χ1v) is 10.5. The zero-order valence-corrected chi connectivity index (χ0v) is 18.0. The maximum Gasteiger partial charge on any atom is 0.241 e. The first-order valence-electron chi connectivity index (χ1n) is 10.5. The monoisotopic (exact) mass is 409 g/mol. The molecule has 1 aliphatic rings. The molecule has 6 nitrogen and oxygen atoms in total. The lowest BCUT2D eigenvalue weighted by atomic mass is 9.95. The molecule has 1 aliphatic heterocycles. The predicted molar refractivity (Wildman–Crippen MR) is 118 cm³/mol. The van der Waals surface area contributed by atoms with E-state index in [1.54, 1.807) is 19.0 Å². The number of carbonyl (C=O) groups is 2. The number of rotatable bonds is 7. The summed E-state index contributed by atoms with van der Waals surface area (Å²) in [6, 6.07) is 17.1. The van der Waals surface area contributed by atoms with Crippen molar-refractivity contribution in [1.82, 2.24) is 9.80 Å². The first kappa shape index (κ1) is 21.8. The number of hydrogen-bond donors (Lipinski definition) is 1. The van der Waals surface area contributed by atoms with Gasteiger partial charge in [-0.15, -0.1) is 0 Å². The number of carbonyl (C=O) groups excluding carboxylic acids is 2. The number of piperidine rings is 1. The van der Waals surface area contributed by atoms with Gasteiger partial charge in [0.1, 0.15) is 12.4 Å². The van der Waals surface area contributed by atoms with Crippen molar-refractivity contribution in [3.05, 3.63) is 60.2 Å². The van der Waals surface area contributed by atoms with Crippen molar-refractivity contribution in [3.8, 4) is 5.75 Å². The van der Waals surface area contributed by atoms with Crippen LogP contribution in [0.4, 0.5) is 5.69 Å². The molecule has 2 aromatic rings. The van der Waals surface area contributed by atoms with E-state index in [2.05, 4.69) is 10.2 Å². The van der Waals surface area contributed by atoms with E-state index in [9.17, 15) is 9.59 Å². The number of likely N-dealkylation sites (tertiary alicyclic amines) is 1. The molecule has 0 aromatic heterocycles. The molecule has 2 atom stereocenters. The summed E-state index contributed by atoms with van der Waals surface area (Å²) in [7, 11) is 3.56. The molecule has 0 saturated carbocycles. The van der Waals surface area contributed by atoms with Crippen LogP contribution in [0.25, 0.3) is 0 Å². The summed E-state index contributed by atoms with van der Waals surface area (Å²) in [4.78, 5) is 28.8. The van der Waals surface area contributed by atoms with Crippen molar-refractivity contribution in [2.45, 2.75) is 32.4 Å². The van der Waals surface area contributed by atoms with Crippen molar-refractivity contribution >= 4 is 17.5 Å². The Morgan fingerprint density at radius 1 is 1.13 bits per heavy atom. The Morgan fingerprint density at radius 2 is 1.83 bits per heavy atom. The predicted octanol–water partition coefficient (Wildman–Crippen LogP) is 3.39. The minimum Gasteiger partial charge on any atom is -0.489 e. The van der Waals surface area contributed by atoms with E-state index in [4.69, 9.17) is 4.74 Å². The highest BCUT2D eigenvalue weighted by Gasteiger charge is 2.31. The highest BCUT2D eigenvalue weighted by atomic mass is 16.5. The Hall–Kier alpha value is -2.86. The molecule has 0 radical (unpaired) electrons. The van der Waals surface area contributed by atoms with Crippen LogP contribution >= 0.6 is 0 Å². The molecule has 30 heavy (non-hydrogen) atoms. The van der Waals surface area contributed by atoms with E-state index in [0.29, 0.717) is 13.2 Å². The lowest BCUT2D eigenvalue weighted by molar-refractivity contribution is -0.136. The smallest absolute Gasteiger partial charge is 0.241 e. The quantitative estimate of drug-likeness (QED) is 0.761. The van der Waals surface area contributed by atoms with Gasteiger partial charge in [0.15, 0.2) is 0 Å². The summed E-state index contributed by atoms with van der Waals surface area (Å²) in [5.41, 5.74) is 1.84. The van der Waals surface area contributed by atoms with Crippen LogP contribution in [0.15, 0.2) is 54.6 Å². The molecule has 0 bridgehead atoms. The molecular weight excluding hydrogens is 378 g/mol. The second kappa shape index (κ2) is 10.3. The van der Waals surface area contributed by atoms with E-state index in [0.717, 1.165) is 36.4 Å². The SMILES string of the molecule is CC(C(=O)Nc1ccc(OCc2ccccc2)cc1)N1CCCC(C(=O)N(C)C)C1. The zero-order chi connectivity index (χ0) is 21.5. The molecule has 2 amide bonds. The van der Waals surface area contributed by atoms with Gasteiger partial charge < -0.3 is 15.0 Å². The van der Waals surface area contributed by atoms with E-state index >= 15 is 0 Å². The Labute approximate surface area is 178 Å². The van der Waals surface area contributed by atoms with Crippen LogP contribution < -0.4 is 10.1 Å². The standard InChI is InChI=1S/C24H31N3O3/c1-18(27-15-7-10-20(16-27)24(29)26(2)3)23(28)25-21-11-13-22(14-12-21)30-17-19-8-5-4-6-9-19/h4-6,8-9,11-14,18,20H,7,10,15-17H2,1-3H3,(H,25,28). The Kier molecular flexibility index (Phi) is 7.46. The van der Waals surface area contributed by atoms with Crippen LogP contribution in [0.3, 0.4) is 0 Å². The number of nitrogens with one attached hydrogen (secondary N) is 1. The van der Waals surface area contributed by atoms with Gasteiger partial charge in [-0.05, 0) is 56.1 Å². The van der Waals surface area contributed by atoms with Gasteiger partial charge in [-0.25, -0.2) is 0 Å². The second-order valence-electron chi connectivity index (χ2n) is 8.03. The minimum atomic E-state index is -0.295. The molecule has 2 unspecified atom stereocenters. The average molecular weight is 410 g/mol. The number of hydrogen-bond acceptors (Lipinski definition) is 4. The van der Waals surface area contributed by atoms with Crippen molar-refractivity contribution in [2.75, 3.05) is 32.5 Å². The van der Waals surface area contributed by atoms with Crippen LogP contribution in [0.2, 0.25) is 0 Å². The summed E-state index contributed by atoms with van der Waals surface area (Å²) in [6.45, 7) is 3.86. The molecule has 6 heteroatoms. The Morgan fingerprint density at radius 3 is 2.50 bits per heavy atom. The van der Waals surface area contributed by atoms with Gasteiger partial charge in [0.2, 0.25) is 11.8 Å². The van der Waals surface area contributed by atoms with Crippen molar-refractivity contribution in [3.63, 3.8) is 0 Å². The number of anilines is 1. The highest BCUT2D eigenvalue weighted by Crippen LogP contribution is 2.22. The van der Waals surface area contributed by atoms with Crippen LogP contribution in [0.1, 0.15) is 25.3 Å². The van der Waals surface area contributed by atoms with E-state index in [-0.39, 0.29) is 23.8 Å². The molecule has 0 spiro atoms. The molecule has 2 aromatic carbocycles. The van der Waals surface area contributed by atoms with E-state index in [1.807, 2.05) is 61.5 Å². The van der Waals surface area contributed by atoms with Gasteiger partial charge in [0, 0.05) is 26.3 Å². The van der Waals surface area contributed by atoms with E-state index in [1.165, 1.54) is 0 Å². The van der Waals surface area contributed by atoms with Crippen LogP contribution in [0.5, 0.6) is 5.75 Å². The number of amides is 2. The number of ether oxygens (including phenoxy) is 1. The summed E-state index contributed by atoms with van der Waals surface area (Å²) < 4.78 is 5.79. The topological polar surface area (TPSA) is 61.9 Å². The maximum absolute atomic E-state index is 12.7. The molecule has 1 heterocycles. The van der Waals surface area contributed by atoms with Crippen LogP contribution in [0, 0.1) is 5.92 Å². The highest BCUT2D eigenvalue weighted by molar-refractivity contribution is 5.94. The number of nitrogens with zero attached hydrogens (tertiary/aromatic N) is 2. The summed E-state index contributed by atoms with van der Waals surface area (Å²) in [6.07, 6.45) is 1.81.